The predicted molar refractivity (Wildman–Crippen MR) is 105 cm³/mol. The van der Waals surface area contributed by atoms with E-state index in [-0.39, 0.29) is 23.5 Å². The number of pyridine rings is 1. The lowest BCUT2D eigenvalue weighted by Gasteiger charge is -2.14. The number of amides is 1. The maximum atomic E-state index is 13.0. The van der Waals surface area contributed by atoms with Crippen LogP contribution in [0.25, 0.3) is 11.4 Å². The van der Waals surface area contributed by atoms with Gasteiger partial charge in [0, 0.05) is 24.0 Å². The van der Waals surface area contributed by atoms with Gasteiger partial charge in [0.1, 0.15) is 5.82 Å². The zero-order valence-electron chi connectivity index (χ0n) is 15.4. The number of thioether (sulfide) groups is 1. The summed E-state index contributed by atoms with van der Waals surface area (Å²) in [5.41, 5.74) is 1.83. The van der Waals surface area contributed by atoms with Gasteiger partial charge in [0.05, 0.1) is 11.8 Å². The van der Waals surface area contributed by atoms with Crippen LogP contribution in [0.2, 0.25) is 0 Å². The van der Waals surface area contributed by atoms with Crippen molar-refractivity contribution >= 4 is 17.7 Å². The monoisotopic (exact) mass is 397 g/mol. The number of carbonyl (C=O) groups excluding carboxylic acids is 1. The van der Waals surface area contributed by atoms with Gasteiger partial charge in [-0.15, -0.1) is 10.2 Å². The molecule has 8 heteroatoms. The third-order valence-electron chi connectivity index (χ3n) is 4.59. The van der Waals surface area contributed by atoms with Gasteiger partial charge in [0.2, 0.25) is 5.91 Å². The number of nitrogens with zero attached hydrogens (tertiary/aromatic N) is 4. The fourth-order valence-corrected chi connectivity index (χ4v) is 3.80. The maximum absolute atomic E-state index is 13.0. The average molecular weight is 397 g/mol. The van der Waals surface area contributed by atoms with Gasteiger partial charge in [-0.05, 0) is 49.6 Å². The summed E-state index contributed by atoms with van der Waals surface area (Å²) in [6, 6.07) is 10.2. The maximum Gasteiger partial charge on any atom is 0.230 e. The highest BCUT2D eigenvalue weighted by Crippen LogP contribution is 2.40. The van der Waals surface area contributed by atoms with Gasteiger partial charge in [-0.3, -0.25) is 14.3 Å². The van der Waals surface area contributed by atoms with Crippen molar-refractivity contribution in [1.82, 2.24) is 25.1 Å². The van der Waals surface area contributed by atoms with E-state index in [1.54, 1.807) is 24.5 Å². The van der Waals surface area contributed by atoms with Crippen molar-refractivity contribution in [1.29, 1.82) is 0 Å². The Morgan fingerprint density at radius 2 is 1.93 bits per heavy atom. The minimum Gasteiger partial charge on any atom is -0.349 e. The molecule has 2 aromatic heterocycles. The lowest BCUT2D eigenvalue weighted by molar-refractivity contribution is -0.119. The van der Waals surface area contributed by atoms with Crippen LogP contribution in [0.3, 0.4) is 0 Å². The molecule has 1 aliphatic carbocycles. The Balaban J connectivity index is 1.41. The van der Waals surface area contributed by atoms with Crippen LogP contribution in [0.5, 0.6) is 0 Å². The summed E-state index contributed by atoms with van der Waals surface area (Å²) in [5.74, 6) is 0.666. The molecule has 1 aliphatic rings. The third-order valence-corrected chi connectivity index (χ3v) is 5.54. The summed E-state index contributed by atoms with van der Waals surface area (Å²) in [7, 11) is 0. The summed E-state index contributed by atoms with van der Waals surface area (Å²) in [4.78, 5) is 16.4. The highest BCUT2D eigenvalue weighted by Gasteiger charge is 2.30. The highest BCUT2D eigenvalue weighted by molar-refractivity contribution is 7.99. The largest absolute Gasteiger partial charge is 0.349 e. The van der Waals surface area contributed by atoms with Gasteiger partial charge in [-0.2, -0.15) is 0 Å². The highest BCUT2D eigenvalue weighted by atomic mass is 32.2. The van der Waals surface area contributed by atoms with Crippen LogP contribution in [0, 0.1) is 5.82 Å². The van der Waals surface area contributed by atoms with Crippen LogP contribution in [0.15, 0.2) is 53.9 Å². The van der Waals surface area contributed by atoms with Crippen LogP contribution >= 0.6 is 11.8 Å². The minimum atomic E-state index is -0.290. The van der Waals surface area contributed by atoms with E-state index in [0.29, 0.717) is 6.04 Å². The normalized spacial score (nSPS) is 14.6. The van der Waals surface area contributed by atoms with E-state index in [1.807, 2.05) is 19.1 Å². The number of halogens is 1. The second kappa shape index (κ2) is 8.10. The van der Waals surface area contributed by atoms with Crippen molar-refractivity contribution in [2.75, 3.05) is 5.75 Å². The molecular weight excluding hydrogens is 377 g/mol. The zero-order valence-corrected chi connectivity index (χ0v) is 16.2. The molecule has 0 bridgehead atoms. The first kappa shape index (κ1) is 18.6. The van der Waals surface area contributed by atoms with E-state index >= 15 is 0 Å². The molecule has 0 aliphatic heterocycles. The molecule has 28 heavy (non-hydrogen) atoms. The molecule has 0 unspecified atom stereocenters. The van der Waals surface area contributed by atoms with Crippen molar-refractivity contribution in [3.8, 4) is 11.4 Å². The Hall–Kier alpha value is -2.74. The number of hydrogen-bond acceptors (Lipinski definition) is 5. The number of hydrogen-bond donors (Lipinski definition) is 1. The minimum absolute atomic E-state index is 0.0994. The van der Waals surface area contributed by atoms with Crippen LogP contribution in [0.1, 0.15) is 37.4 Å². The zero-order chi connectivity index (χ0) is 19.5. The molecule has 1 saturated carbocycles. The molecule has 1 atom stereocenters. The van der Waals surface area contributed by atoms with E-state index in [4.69, 9.17) is 0 Å². The quantitative estimate of drug-likeness (QED) is 0.614. The van der Waals surface area contributed by atoms with E-state index in [2.05, 4.69) is 25.1 Å². The van der Waals surface area contributed by atoms with E-state index in [0.717, 1.165) is 34.9 Å². The summed E-state index contributed by atoms with van der Waals surface area (Å²) >= 11 is 1.38. The van der Waals surface area contributed by atoms with Crippen molar-refractivity contribution in [3.05, 3.63) is 60.2 Å². The Kier molecular flexibility index (Phi) is 5.38. The Morgan fingerprint density at radius 1 is 1.21 bits per heavy atom. The summed E-state index contributed by atoms with van der Waals surface area (Å²) in [5, 5.41) is 12.3. The number of rotatable bonds is 7. The van der Waals surface area contributed by atoms with Crippen LogP contribution in [-0.4, -0.2) is 31.4 Å². The van der Waals surface area contributed by atoms with Gasteiger partial charge in [-0.25, -0.2) is 4.39 Å². The number of aromatic nitrogens is 4. The van der Waals surface area contributed by atoms with Crippen molar-refractivity contribution in [3.63, 3.8) is 0 Å². The Labute approximate surface area is 166 Å². The van der Waals surface area contributed by atoms with Gasteiger partial charge < -0.3 is 5.32 Å². The lowest BCUT2D eigenvalue weighted by Crippen LogP contribution is -2.28. The summed E-state index contributed by atoms with van der Waals surface area (Å²) in [6.07, 6.45) is 5.66. The third kappa shape index (κ3) is 4.22. The van der Waals surface area contributed by atoms with Crippen LogP contribution in [-0.2, 0) is 4.79 Å². The second-order valence-corrected chi connectivity index (χ2v) is 7.72. The Bertz CT molecular complexity index is 956. The average Bonchev–Trinajstić information content (AvgIpc) is 3.46. The fourth-order valence-electron chi connectivity index (χ4n) is 2.98. The first-order chi connectivity index (χ1) is 13.6. The predicted octanol–water partition coefficient (Wildman–Crippen LogP) is 3.78. The molecular formula is C20H20FN5OS. The standard InChI is InChI=1S/C20H20FN5OS/c1-13(14-2-4-16(21)5-3-14)23-18(27)12-28-20-25-24-19(26(20)17-6-7-17)15-8-10-22-11-9-15/h2-5,8-11,13,17H,6-7,12H2,1H3,(H,23,27)/t13-/m0/s1. The van der Waals surface area contributed by atoms with Gasteiger partial charge >= 0.3 is 0 Å². The molecule has 0 spiro atoms. The fraction of sp³-hybridized carbons (Fsp3) is 0.300. The van der Waals surface area contributed by atoms with Gasteiger partial charge in [0.25, 0.3) is 0 Å². The van der Waals surface area contributed by atoms with E-state index in [1.165, 1.54) is 23.9 Å². The number of nitrogens with one attached hydrogen (secondary N) is 1. The van der Waals surface area contributed by atoms with Crippen LogP contribution < -0.4 is 5.32 Å². The molecule has 6 nitrogen and oxygen atoms in total. The molecule has 4 rings (SSSR count). The first-order valence-corrected chi connectivity index (χ1v) is 10.1. The van der Waals surface area contributed by atoms with E-state index in [9.17, 15) is 9.18 Å². The SMILES string of the molecule is C[C@H](NC(=O)CSc1nnc(-c2ccncc2)n1C1CC1)c1ccc(F)cc1. The molecule has 0 radical (unpaired) electrons. The van der Waals surface area contributed by atoms with Gasteiger partial charge in [-0.1, -0.05) is 23.9 Å². The molecule has 1 fully saturated rings. The molecule has 3 aromatic rings. The second-order valence-electron chi connectivity index (χ2n) is 6.77. The lowest BCUT2D eigenvalue weighted by atomic mass is 10.1. The Morgan fingerprint density at radius 3 is 2.61 bits per heavy atom. The van der Waals surface area contributed by atoms with Gasteiger partial charge in [0.15, 0.2) is 11.0 Å². The topological polar surface area (TPSA) is 72.7 Å². The first-order valence-electron chi connectivity index (χ1n) is 9.15. The van der Waals surface area contributed by atoms with E-state index < -0.39 is 0 Å². The molecule has 1 amide bonds. The van der Waals surface area contributed by atoms with Crippen molar-refractivity contribution in [2.24, 2.45) is 0 Å². The molecule has 2 heterocycles. The van der Waals surface area contributed by atoms with Crippen LogP contribution in [0.4, 0.5) is 4.39 Å². The van der Waals surface area contributed by atoms with Crippen molar-refractivity contribution < 1.29 is 9.18 Å². The molecule has 1 N–H and O–H groups in total. The molecule has 0 saturated heterocycles. The molecule has 144 valence electrons. The number of carbonyl (C=O) groups is 1. The molecule has 1 aromatic carbocycles. The summed E-state index contributed by atoms with van der Waals surface area (Å²) < 4.78 is 15.2. The smallest absolute Gasteiger partial charge is 0.230 e. The number of benzene rings is 1. The van der Waals surface area contributed by atoms with Crippen molar-refractivity contribution in [2.45, 2.75) is 37.0 Å². The summed E-state index contributed by atoms with van der Waals surface area (Å²) in [6.45, 7) is 1.88.